The molecule has 2 atom stereocenters. The number of para-hydroxylation sites is 1. The molecule has 2 aliphatic carbocycles. The van der Waals surface area contributed by atoms with E-state index in [0.29, 0.717) is 17.5 Å². The van der Waals surface area contributed by atoms with Crippen LogP contribution in [0.15, 0.2) is 59.5 Å². The SMILES string of the molecule is O=C(c1cc2c(s1)C1CCC2C1)N(c1ccccc1)c1ccc(=O)[nH]c1. The van der Waals surface area contributed by atoms with Gasteiger partial charge in [0.05, 0.1) is 10.6 Å². The average molecular weight is 362 g/mol. The predicted octanol–water partition coefficient (Wildman–Crippen LogP) is 4.78. The molecule has 2 heterocycles. The number of aromatic nitrogens is 1. The second kappa shape index (κ2) is 5.95. The minimum absolute atomic E-state index is 0.0398. The quantitative estimate of drug-likeness (QED) is 0.729. The summed E-state index contributed by atoms with van der Waals surface area (Å²) in [6, 6.07) is 14.8. The zero-order chi connectivity index (χ0) is 17.7. The van der Waals surface area contributed by atoms with Gasteiger partial charge in [-0.25, -0.2) is 0 Å². The summed E-state index contributed by atoms with van der Waals surface area (Å²) in [6.45, 7) is 0. The molecule has 2 aromatic heterocycles. The summed E-state index contributed by atoms with van der Waals surface area (Å²) in [6.07, 6.45) is 5.37. The van der Waals surface area contributed by atoms with E-state index in [1.54, 1.807) is 28.5 Å². The summed E-state index contributed by atoms with van der Waals surface area (Å²) >= 11 is 1.65. The van der Waals surface area contributed by atoms with Crippen molar-refractivity contribution < 1.29 is 4.79 Å². The molecule has 4 nitrogen and oxygen atoms in total. The number of thiophene rings is 1. The molecular formula is C21H18N2O2S. The van der Waals surface area contributed by atoms with Gasteiger partial charge in [0.15, 0.2) is 0 Å². The summed E-state index contributed by atoms with van der Waals surface area (Å²) in [5, 5.41) is 0. The van der Waals surface area contributed by atoms with E-state index in [-0.39, 0.29) is 11.5 Å². The van der Waals surface area contributed by atoms with Crippen molar-refractivity contribution in [2.75, 3.05) is 4.90 Å². The van der Waals surface area contributed by atoms with Gasteiger partial charge in [-0.05, 0) is 60.9 Å². The zero-order valence-electron chi connectivity index (χ0n) is 14.1. The number of nitrogens with one attached hydrogen (secondary N) is 1. The van der Waals surface area contributed by atoms with E-state index in [0.717, 1.165) is 10.6 Å². The van der Waals surface area contributed by atoms with E-state index in [2.05, 4.69) is 11.1 Å². The Morgan fingerprint density at radius 1 is 1.04 bits per heavy atom. The van der Waals surface area contributed by atoms with Crippen LogP contribution in [0.5, 0.6) is 0 Å². The average Bonchev–Trinajstić information content (AvgIpc) is 3.37. The van der Waals surface area contributed by atoms with E-state index in [1.807, 2.05) is 30.3 Å². The molecule has 3 aromatic rings. The van der Waals surface area contributed by atoms with Crippen molar-refractivity contribution in [3.05, 3.63) is 80.4 Å². The van der Waals surface area contributed by atoms with Gasteiger partial charge in [-0.1, -0.05) is 18.2 Å². The molecule has 1 aromatic carbocycles. The van der Waals surface area contributed by atoms with E-state index in [9.17, 15) is 9.59 Å². The fourth-order valence-electron chi connectivity index (χ4n) is 4.28. The van der Waals surface area contributed by atoms with Crippen molar-refractivity contribution in [1.29, 1.82) is 0 Å². The number of nitrogens with zero attached hydrogens (tertiary/aromatic N) is 1. The minimum Gasteiger partial charge on any atom is -0.327 e. The molecule has 1 amide bonds. The monoisotopic (exact) mass is 362 g/mol. The van der Waals surface area contributed by atoms with Gasteiger partial charge < -0.3 is 4.98 Å². The number of rotatable bonds is 3. The van der Waals surface area contributed by atoms with Gasteiger partial charge in [0, 0.05) is 22.8 Å². The second-order valence-corrected chi connectivity index (χ2v) is 8.11. The first-order chi connectivity index (χ1) is 12.7. The summed E-state index contributed by atoms with van der Waals surface area (Å²) in [4.78, 5) is 31.4. The lowest BCUT2D eigenvalue weighted by Crippen LogP contribution is -2.26. The highest BCUT2D eigenvalue weighted by molar-refractivity contribution is 7.14. The Hall–Kier alpha value is -2.66. The van der Waals surface area contributed by atoms with Gasteiger partial charge in [-0.3, -0.25) is 14.5 Å². The lowest BCUT2D eigenvalue weighted by atomic mass is 9.99. The first kappa shape index (κ1) is 15.6. The first-order valence-corrected chi connectivity index (χ1v) is 9.74. The standard InChI is InChI=1S/C21H18N2O2S/c24-19-9-8-16(12-22-19)23(15-4-2-1-3-5-15)21(25)18-11-17-13-6-7-14(10-13)20(17)26-18/h1-5,8-9,11-14H,6-7,10H2,(H,22,24). The van der Waals surface area contributed by atoms with Crippen LogP contribution in [0.25, 0.3) is 0 Å². The third kappa shape index (κ3) is 2.42. The van der Waals surface area contributed by atoms with E-state index in [1.165, 1.54) is 35.8 Å². The van der Waals surface area contributed by atoms with Crippen LogP contribution < -0.4 is 10.5 Å². The van der Waals surface area contributed by atoms with E-state index in [4.69, 9.17) is 0 Å². The number of carbonyl (C=O) groups excluding carboxylic acids is 1. The molecule has 130 valence electrons. The Balaban J connectivity index is 1.58. The van der Waals surface area contributed by atoms with E-state index >= 15 is 0 Å². The third-order valence-electron chi connectivity index (χ3n) is 5.49. The molecule has 1 saturated carbocycles. The highest BCUT2D eigenvalue weighted by Gasteiger charge is 2.39. The fraction of sp³-hybridized carbons (Fsp3) is 0.238. The Morgan fingerprint density at radius 2 is 1.85 bits per heavy atom. The molecule has 1 fully saturated rings. The van der Waals surface area contributed by atoms with Gasteiger partial charge in [-0.15, -0.1) is 11.3 Å². The number of amides is 1. The molecular weight excluding hydrogens is 344 g/mol. The third-order valence-corrected chi connectivity index (χ3v) is 6.79. The van der Waals surface area contributed by atoms with Gasteiger partial charge >= 0.3 is 0 Å². The number of benzene rings is 1. The maximum Gasteiger partial charge on any atom is 0.272 e. The summed E-state index contributed by atoms with van der Waals surface area (Å²) < 4.78 is 0. The van der Waals surface area contributed by atoms with Gasteiger partial charge in [0.1, 0.15) is 0 Å². The lowest BCUT2D eigenvalue weighted by molar-refractivity contribution is 0.100. The van der Waals surface area contributed by atoms with Crippen molar-refractivity contribution in [1.82, 2.24) is 4.98 Å². The van der Waals surface area contributed by atoms with Crippen LogP contribution in [-0.2, 0) is 0 Å². The smallest absolute Gasteiger partial charge is 0.272 e. The molecule has 2 bridgehead atoms. The van der Waals surface area contributed by atoms with Crippen LogP contribution in [0.4, 0.5) is 11.4 Å². The molecule has 0 saturated heterocycles. The Morgan fingerprint density at radius 3 is 2.58 bits per heavy atom. The number of anilines is 2. The molecule has 2 unspecified atom stereocenters. The van der Waals surface area contributed by atoms with Crippen LogP contribution in [-0.4, -0.2) is 10.9 Å². The number of H-pyrrole nitrogens is 1. The van der Waals surface area contributed by atoms with Crippen LogP contribution in [0, 0.1) is 0 Å². The maximum absolute atomic E-state index is 13.4. The molecule has 5 heteroatoms. The zero-order valence-corrected chi connectivity index (χ0v) is 15.0. The maximum atomic E-state index is 13.4. The number of pyridine rings is 1. The molecule has 5 rings (SSSR count). The Kier molecular flexibility index (Phi) is 3.57. The molecule has 0 spiro atoms. The summed E-state index contributed by atoms with van der Waals surface area (Å²) in [5.41, 5.74) is 2.67. The van der Waals surface area contributed by atoms with Gasteiger partial charge in [0.2, 0.25) is 5.56 Å². The molecule has 0 radical (unpaired) electrons. The molecule has 0 aliphatic heterocycles. The topological polar surface area (TPSA) is 53.2 Å². The lowest BCUT2D eigenvalue weighted by Gasteiger charge is -2.22. The van der Waals surface area contributed by atoms with Crippen LogP contribution in [0.1, 0.15) is 51.2 Å². The number of carbonyl (C=O) groups is 1. The Bertz CT molecular complexity index is 990. The summed E-state index contributed by atoms with van der Waals surface area (Å²) in [5.74, 6) is 1.26. The van der Waals surface area contributed by atoms with Gasteiger partial charge in [-0.2, -0.15) is 0 Å². The molecule has 1 N–H and O–H groups in total. The molecule has 2 aliphatic rings. The largest absolute Gasteiger partial charge is 0.327 e. The van der Waals surface area contributed by atoms with Crippen LogP contribution in [0.3, 0.4) is 0 Å². The normalized spacial score (nSPS) is 20.2. The summed E-state index contributed by atoms with van der Waals surface area (Å²) in [7, 11) is 0. The number of aromatic amines is 1. The highest BCUT2D eigenvalue weighted by atomic mass is 32.1. The number of hydrogen-bond acceptors (Lipinski definition) is 3. The fourth-order valence-corrected chi connectivity index (χ4v) is 5.60. The van der Waals surface area contributed by atoms with Crippen LogP contribution >= 0.6 is 11.3 Å². The highest BCUT2D eigenvalue weighted by Crippen LogP contribution is 2.56. The van der Waals surface area contributed by atoms with Crippen molar-refractivity contribution in [2.45, 2.75) is 31.1 Å². The van der Waals surface area contributed by atoms with Crippen molar-refractivity contribution in [3.63, 3.8) is 0 Å². The minimum atomic E-state index is -0.180. The molecule has 26 heavy (non-hydrogen) atoms. The number of fused-ring (bicyclic) bond motifs is 5. The first-order valence-electron chi connectivity index (χ1n) is 8.92. The Labute approximate surface area is 155 Å². The predicted molar refractivity (Wildman–Crippen MR) is 104 cm³/mol. The van der Waals surface area contributed by atoms with Crippen molar-refractivity contribution >= 4 is 28.6 Å². The number of hydrogen-bond donors (Lipinski definition) is 1. The van der Waals surface area contributed by atoms with Crippen LogP contribution in [0.2, 0.25) is 0 Å². The van der Waals surface area contributed by atoms with Crippen molar-refractivity contribution in [2.24, 2.45) is 0 Å². The van der Waals surface area contributed by atoms with Crippen molar-refractivity contribution in [3.8, 4) is 0 Å². The van der Waals surface area contributed by atoms with E-state index < -0.39 is 0 Å². The second-order valence-electron chi connectivity index (χ2n) is 7.02. The van der Waals surface area contributed by atoms with Gasteiger partial charge in [0.25, 0.3) is 5.91 Å².